The minimum absolute atomic E-state index is 0.0550. The van der Waals surface area contributed by atoms with E-state index in [0.717, 1.165) is 0 Å². The Kier molecular flexibility index (Phi) is 5.12. The maximum Gasteiger partial charge on any atom is 0.205 e. The summed E-state index contributed by atoms with van der Waals surface area (Å²) >= 11 is 0. The van der Waals surface area contributed by atoms with Crippen molar-refractivity contribution in [3.8, 4) is 5.75 Å². The van der Waals surface area contributed by atoms with Crippen molar-refractivity contribution >= 4 is 17.2 Å². The lowest BCUT2D eigenvalue weighted by Crippen LogP contribution is -2.10. The van der Waals surface area contributed by atoms with Crippen molar-refractivity contribution in [1.82, 2.24) is 0 Å². The second kappa shape index (κ2) is 6.85. The fraction of sp³-hybridized carbons (Fsp3) is 0. The molecule has 0 aliphatic rings. The van der Waals surface area contributed by atoms with Crippen molar-refractivity contribution in [2.45, 2.75) is 0 Å². The number of aromatic hydroxyl groups is 1. The van der Waals surface area contributed by atoms with Gasteiger partial charge in [0.05, 0.1) is 5.69 Å². The van der Waals surface area contributed by atoms with Gasteiger partial charge in [-0.05, 0) is 24.3 Å². The van der Waals surface area contributed by atoms with Gasteiger partial charge in [0.1, 0.15) is 11.5 Å². The Morgan fingerprint density at radius 2 is 2.06 bits per heavy atom. The van der Waals surface area contributed by atoms with Gasteiger partial charge >= 0.3 is 0 Å². The summed E-state index contributed by atoms with van der Waals surface area (Å²) in [5.74, 6) is -0.268. The molecule has 0 unspecified atom stereocenters. The average Bonchev–Trinajstić information content (AvgIpc) is 2.40. The van der Waals surface area contributed by atoms with Crippen LogP contribution in [0.1, 0.15) is 0 Å². The molecule has 1 aromatic rings. The van der Waals surface area contributed by atoms with Gasteiger partial charge in [0.2, 0.25) is 5.78 Å². The van der Waals surface area contributed by atoms with Crippen LogP contribution in [0.4, 0.5) is 5.69 Å². The molecule has 0 aliphatic heterocycles. The van der Waals surface area contributed by atoms with Crippen LogP contribution in [0.15, 0.2) is 66.8 Å². The molecule has 0 aromatic heterocycles. The third-order valence-electron chi connectivity index (χ3n) is 2.03. The number of anilines is 1. The van der Waals surface area contributed by atoms with E-state index < -0.39 is 0 Å². The van der Waals surface area contributed by atoms with Gasteiger partial charge in [-0.1, -0.05) is 37.4 Å². The van der Waals surface area contributed by atoms with Gasteiger partial charge in [-0.25, -0.2) is 0 Å². The number of hydrazone groups is 1. The van der Waals surface area contributed by atoms with Crippen molar-refractivity contribution in [3.05, 3.63) is 61.7 Å². The van der Waals surface area contributed by atoms with E-state index in [1.165, 1.54) is 24.3 Å². The van der Waals surface area contributed by atoms with Gasteiger partial charge in [-0.2, -0.15) is 5.10 Å². The molecular formula is C14H14N2O2. The van der Waals surface area contributed by atoms with Crippen LogP contribution in [-0.4, -0.2) is 16.6 Å². The molecule has 1 aromatic carbocycles. The lowest BCUT2D eigenvalue weighted by Gasteiger charge is -2.03. The van der Waals surface area contributed by atoms with Crippen LogP contribution in [0, 0.1) is 0 Å². The highest BCUT2D eigenvalue weighted by atomic mass is 16.3. The Labute approximate surface area is 106 Å². The normalized spacial score (nSPS) is 11.2. The van der Waals surface area contributed by atoms with Gasteiger partial charge < -0.3 is 5.11 Å². The number of carbonyl (C=O) groups excluding carboxylic acids is 1. The second-order valence-corrected chi connectivity index (χ2v) is 3.29. The molecule has 2 N–H and O–H groups in total. The number of carbonyl (C=O) groups is 1. The van der Waals surface area contributed by atoms with Crippen LogP contribution in [0.25, 0.3) is 0 Å². The fourth-order valence-corrected chi connectivity index (χ4v) is 1.13. The largest absolute Gasteiger partial charge is 0.506 e. The Hall–Kier alpha value is -2.62. The smallest absolute Gasteiger partial charge is 0.205 e. The van der Waals surface area contributed by atoms with E-state index in [9.17, 15) is 9.90 Å². The predicted molar refractivity (Wildman–Crippen MR) is 73.7 cm³/mol. The van der Waals surface area contributed by atoms with Crippen molar-refractivity contribution < 1.29 is 9.90 Å². The van der Waals surface area contributed by atoms with Gasteiger partial charge in [0.25, 0.3) is 0 Å². The van der Waals surface area contributed by atoms with E-state index in [0.29, 0.717) is 5.69 Å². The number of nitrogens with one attached hydrogen (secondary N) is 1. The molecule has 0 fully saturated rings. The van der Waals surface area contributed by atoms with Crippen LogP contribution < -0.4 is 5.43 Å². The topological polar surface area (TPSA) is 61.7 Å². The van der Waals surface area contributed by atoms with Gasteiger partial charge in [-0.15, -0.1) is 0 Å². The van der Waals surface area contributed by atoms with Crippen LogP contribution in [0.3, 0.4) is 0 Å². The first-order chi connectivity index (χ1) is 8.69. The summed E-state index contributed by atoms with van der Waals surface area (Å²) in [5, 5.41) is 13.4. The molecule has 18 heavy (non-hydrogen) atoms. The lowest BCUT2D eigenvalue weighted by atomic mass is 10.2. The van der Waals surface area contributed by atoms with Crippen LogP contribution in [0.2, 0.25) is 0 Å². The minimum Gasteiger partial charge on any atom is -0.506 e. The Bertz CT molecular complexity index is 516. The maximum absolute atomic E-state index is 11.5. The monoisotopic (exact) mass is 242 g/mol. The third-order valence-corrected chi connectivity index (χ3v) is 2.03. The van der Waals surface area contributed by atoms with Crippen molar-refractivity contribution in [2.75, 3.05) is 5.43 Å². The molecular weight excluding hydrogens is 228 g/mol. The summed E-state index contributed by atoms with van der Waals surface area (Å²) in [6.45, 7) is 6.91. The summed E-state index contributed by atoms with van der Waals surface area (Å²) in [6, 6.07) is 6.60. The molecule has 4 nitrogen and oxygen atoms in total. The van der Waals surface area contributed by atoms with E-state index in [4.69, 9.17) is 0 Å². The number of hydrogen-bond donors (Lipinski definition) is 2. The third kappa shape index (κ3) is 3.75. The number of ketones is 1. The van der Waals surface area contributed by atoms with E-state index in [1.54, 1.807) is 24.3 Å². The van der Waals surface area contributed by atoms with E-state index in [1.807, 2.05) is 0 Å². The Balaban J connectivity index is 2.93. The molecule has 0 spiro atoms. The molecule has 0 bridgehead atoms. The molecule has 4 heteroatoms. The minimum atomic E-state index is -0.323. The second-order valence-electron chi connectivity index (χ2n) is 3.29. The number of rotatable bonds is 6. The Morgan fingerprint density at radius 3 is 2.67 bits per heavy atom. The van der Waals surface area contributed by atoms with Gasteiger partial charge in [0, 0.05) is 0 Å². The number of phenolic OH excluding ortho intramolecular Hbond substituents is 1. The zero-order chi connectivity index (χ0) is 13.4. The van der Waals surface area contributed by atoms with Crippen molar-refractivity contribution in [2.24, 2.45) is 5.10 Å². The molecule has 0 heterocycles. The molecule has 0 atom stereocenters. The number of phenols is 1. The van der Waals surface area contributed by atoms with Crippen LogP contribution in [0.5, 0.6) is 5.75 Å². The molecule has 0 amide bonds. The SMILES string of the molecule is C=C/C=C\C(=NNc1ccccc1O)C(=O)C=C. The van der Waals surface area contributed by atoms with Gasteiger partial charge in [0.15, 0.2) is 0 Å². The van der Waals surface area contributed by atoms with Gasteiger partial charge in [-0.3, -0.25) is 10.2 Å². The molecule has 0 saturated carbocycles. The number of allylic oxidation sites excluding steroid dienone is 4. The Morgan fingerprint density at radius 1 is 1.33 bits per heavy atom. The standard InChI is InChI=1S/C14H14N2O2/c1-3-5-8-11(13(17)4-2)15-16-12-9-6-7-10-14(12)18/h3-10,16,18H,1-2H2/b8-5-,15-11?. The predicted octanol–water partition coefficient (Wildman–Crippen LogP) is 2.66. The molecule has 0 aliphatic carbocycles. The highest BCUT2D eigenvalue weighted by Gasteiger charge is 2.04. The van der Waals surface area contributed by atoms with E-state index >= 15 is 0 Å². The molecule has 1 rings (SSSR count). The number of benzene rings is 1. The van der Waals surface area contributed by atoms with E-state index in [-0.39, 0.29) is 17.2 Å². The highest BCUT2D eigenvalue weighted by molar-refractivity contribution is 6.48. The van der Waals surface area contributed by atoms with Crippen molar-refractivity contribution in [1.29, 1.82) is 0 Å². The summed E-state index contributed by atoms with van der Waals surface area (Å²) < 4.78 is 0. The summed E-state index contributed by atoms with van der Waals surface area (Å²) in [5.41, 5.74) is 3.21. The van der Waals surface area contributed by atoms with Crippen LogP contribution in [-0.2, 0) is 4.79 Å². The maximum atomic E-state index is 11.5. The zero-order valence-electron chi connectivity index (χ0n) is 9.84. The van der Waals surface area contributed by atoms with Crippen LogP contribution >= 0.6 is 0 Å². The zero-order valence-corrected chi connectivity index (χ0v) is 9.84. The number of hydrogen-bond acceptors (Lipinski definition) is 4. The van der Waals surface area contributed by atoms with E-state index in [2.05, 4.69) is 23.7 Å². The average molecular weight is 242 g/mol. The molecule has 92 valence electrons. The lowest BCUT2D eigenvalue weighted by molar-refractivity contribution is -0.108. The first kappa shape index (κ1) is 13.4. The number of nitrogens with zero attached hydrogens (tertiary/aromatic N) is 1. The first-order valence-electron chi connectivity index (χ1n) is 5.26. The summed E-state index contributed by atoms with van der Waals surface area (Å²) in [7, 11) is 0. The molecule has 0 radical (unpaired) electrons. The summed E-state index contributed by atoms with van der Waals surface area (Å²) in [4.78, 5) is 11.5. The fourth-order valence-electron chi connectivity index (χ4n) is 1.13. The quantitative estimate of drug-likeness (QED) is 0.265. The highest BCUT2D eigenvalue weighted by Crippen LogP contribution is 2.21. The number of para-hydroxylation sites is 2. The molecule has 0 saturated heterocycles. The van der Waals surface area contributed by atoms with Crippen molar-refractivity contribution in [3.63, 3.8) is 0 Å². The summed E-state index contributed by atoms with van der Waals surface area (Å²) in [6.07, 6.45) is 5.79. The first-order valence-corrected chi connectivity index (χ1v) is 5.26.